The molecular weight excluding hydrogens is 320 g/mol. The average molecular weight is 333 g/mol. The molecule has 0 bridgehead atoms. The van der Waals surface area contributed by atoms with Crippen LogP contribution in [-0.4, -0.2) is 11.5 Å². The first-order valence-corrected chi connectivity index (χ1v) is 6.90. The van der Waals surface area contributed by atoms with Gasteiger partial charge in [0, 0.05) is 18.2 Å². The van der Waals surface area contributed by atoms with Gasteiger partial charge >= 0.3 is 6.61 Å². The smallest absolute Gasteiger partial charge is 0.387 e. The van der Waals surface area contributed by atoms with E-state index in [0.29, 0.717) is 5.69 Å². The molecular formula is C16H13F2N3O3. The van der Waals surface area contributed by atoms with Gasteiger partial charge in [-0.05, 0) is 30.7 Å². The van der Waals surface area contributed by atoms with E-state index in [1.807, 2.05) is 13.0 Å². The molecule has 0 spiro atoms. The number of hydrogen-bond donors (Lipinski definition) is 1. The topological polar surface area (TPSA) is 88.2 Å². The number of halogens is 2. The van der Waals surface area contributed by atoms with Crippen LogP contribution in [0.1, 0.15) is 24.1 Å². The standard InChI is InChI=1S/C16H13F2N3O3/c1-10(11-2-5-14(6-3-11)24-16(17)18)20-15-7-4-13(21(22)23)8-12(15)9-19/h2-8,10,16,20H,1H3. The number of nitro groups is 1. The lowest BCUT2D eigenvalue weighted by Gasteiger charge is -2.17. The third-order valence-electron chi connectivity index (χ3n) is 3.31. The largest absolute Gasteiger partial charge is 0.435 e. The molecule has 0 aliphatic rings. The Morgan fingerprint density at radius 2 is 1.92 bits per heavy atom. The first-order valence-electron chi connectivity index (χ1n) is 6.90. The summed E-state index contributed by atoms with van der Waals surface area (Å²) >= 11 is 0. The van der Waals surface area contributed by atoms with Crippen molar-refractivity contribution in [2.45, 2.75) is 19.6 Å². The zero-order chi connectivity index (χ0) is 17.7. The van der Waals surface area contributed by atoms with Gasteiger partial charge < -0.3 is 10.1 Å². The molecule has 2 aromatic carbocycles. The Balaban J connectivity index is 2.16. The fourth-order valence-corrected chi connectivity index (χ4v) is 2.12. The van der Waals surface area contributed by atoms with E-state index in [0.717, 1.165) is 5.56 Å². The number of nitriles is 1. The summed E-state index contributed by atoms with van der Waals surface area (Å²) in [5.74, 6) is 0.0500. The van der Waals surface area contributed by atoms with Gasteiger partial charge in [0.2, 0.25) is 0 Å². The Hall–Kier alpha value is -3.21. The van der Waals surface area contributed by atoms with E-state index in [4.69, 9.17) is 5.26 Å². The van der Waals surface area contributed by atoms with Gasteiger partial charge in [-0.3, -0.25) is 10.1 Å². The normalized spacial score (nSPS) is 11.6. The van der Waals surface area contributed by atoms with Crippen LogP contribution in [0.25, 0.3) is 0 Å². The van der Waals surface area contributed by atoms with E-state index in [9.17, 15) is 18.9 Å². The fourth-order valence-electron chi connectivity index (χ4n) is 2.12. The predicted octanol–water partition coefficient (Wildman–Crippen LogP) is 4.24. The molecule has 24 heavy (non-hydrogen) atoms. The van der Waals surface area contributed by atoms with Crippen LogP contribution in [0.4, 0.5) is 20.2 Å². The number of nitro benzene ring substituents is 1. The monoisotopic (exact) mass is 333 g/mol. The molecule has 124 valence electrons. The minimum Gasteiger partial charge on any atom is -0.435 e. The van der Waals surface area contributed by atoms with Crippen LogP contribution in [-0.2, 0) is 0 Å². The molecule has 0 saturated heterocycles. The quantitative estimate of drug-likeness (QED) is 0.631. The average Bonchev–Trinajstić information content (AvgIpc) is 2.55. The van der Waals surface area contributed by atoms with E-state index in [1.165, 1.54) is 30.3 Å². The Labute approximate surface area is 136 Å². The van der Waals surface area contributed by atoms with Crippen molar-refractivity contribution >= 4 is 11.4 Å². The predicted molar refractivity (Wildman–Crippen MR) is 82.9 cm³/mol. The van der Waals surface area contributed by atoms with Gasteiger partial charge in [-0.25, -0.2) is 0 Å². The van der Waals surface area contributed by atoms with Crippen LogP contribution in [0.3, 0.4) is 0 Å². The minimum atomic E-state index is -2.88. The molecule has 0 aliphatic heterocycles. The van der Waals surface area contributed by atoms with Crippen molar-refractivity contribution in [3.05, 3.63) is 63.7 Å². The lowest BCUT2D eigenvalue weighted by Crippen LogP contribution is -2.08. The second kappa shape index (κ2) is 7.37. The molecule has 1 unspecified atom stereocenters. The molecule has 0 radical (unpaired) electrons. The zero-order valence-corrected chi connectivity index (χ0v) is 12.6. The third kappa shape index (κ3) is 4.16. The van der Waals surface area contributed by atoms with Gasteiger partial charge in [-0.1, -0.05) is 12.1 Å². The van der Waals surface area contributed by atoms with Crippen molar-refractivity contribution < 1.29 is 18.4 Å². The summed E-state index contributed by atoms with van der Waals surface area (Å²) < 4.78 is 28.5. The summed E-state index contributed by atoms with van der Waals surface area (Å²) in [4.78, 5) is 10.2. The third-order valence-corrected chi connectivity index (χ3v) is 3.31. The van der Waals surface area contributed by atoms with Crippen molar-refractivity contribution in [1.29, 1.82) is 5.26 Å². The highest BCUT2D eigenvalue weighted by Crippen LogP contribution is 2.26. The minimum absolute atomic E-state index is 0.0500. The summed E-state index contributed by atoms with van der Waals surface area (Å²) in [7, 11) is 0. The van der Waals surface area contributed by atoms with Crippen LogP contribution in [0.5, 0.6) is 5.75 Å². The first kappa shape index (κ1) is 17.1. The molecule has 1 atom stereocenters. The maximum atomic E-state index is 12.1. The Kier molecular flexibility index (Phi) is 5.27. The lowest BCUT2D eigenvalue weighted by molar-refractivity contribution is -0.384. The molecule has 2 rings (SSSR count). The summed E-state index contributed by atoms with van der Waals surface area (Å²) in [6.07, 6.45) is 0. The SMILES string of the molecule is CC(Nc1ccc([N+](=O)[O-])cc1C#N)c1ccc(OC(F)F)cc1. The van der Waals surface area contributed by atoms with Gasteiger partial charge in [0.15, 0.2) is 0 Å². The molecule has 0 amide bonds. The second-order valence-electron chi connectivity index (χ2n) is 4.91. The van der Waals surface area contributed by atoms with E-state index < -0.39 is 11.5 Å². The van der Waals surface area contributed by atoms with Crippen molar-refractivity contribution in [1.82, 2.24) is 0 Å². The van der Waals surface area contributed by atoms with Crippen LogP contribution < -0.4 is 10.1 Å². The summed E-state index contributed by atoms with van der Waals surface area (Å²) in [6.45, 7) is -1.07. The van der Waals surface area contributed by atoms with Gasteiger partial charge in [0.25, 0.3) is 5.69 Å². The van der Waals surface area contributed by atoms with Gasteiger partial charge in [0.1, 0.15) is 11.8 Å². The second-order valence-corrected chi connectivity index (χ2v) is 4.91. The highest BCUT2D eigenvalue weighted by Gasteiger charge is 2.13. The van der Waals surface area contributed by atoms with Crippen molar-refractivity contribution in [2.75, 3.05) is 5.32 Å². The van der Waals surface area contributed by atoms with E-state index in [1.54, 1.807) is 12.1 Å². The summed E-state index contributed by atoms with van der Waals surface area (Å²) in [5.41, 5.74) is 1.20. The molecule has 8 heteroatoms. The fraction of sp³-hybridized carbons (Fsp3) is 0.188. The highest BCUT2D eigenvalue weighted by molar-refractivity contribution is 5.62. The van der Waals surface area contributed by atoms with E-state index in [2.05, 4.69) is 10.1 Å². The number of nitrogens with one attached hydrogen (secondary N) is 1. The number of ether oxygens (including phenoxy) is 1. The van der Waals surface area contributed by atoms with Gasteiger partial charge in [-0.2, -0.15) is 14.0 Å². The number of anilines is 1. The van der Waals surface area contributed by atoms with Crippen molar-refractivity contribution in [3.63, 3.8) is 0 Å². The maximum absolute atomic E-state index is 12.1. The number of non-ortho nitro benzene ring substituents is 1. The molecule has 1 N–H and O–H groups in total. The molecule has 0 heterocycles. The Morgan fingerprint density at radius 1 is 1.25 bits per heavy atom. The number of nitrogens with zero attached hydrogens (tertiary/aromatic N) is 2. The molecule has 6 nitrogen and oxygen atoms in total. The van der Waals surface area contributed by atoms with Crippen LogP contribution in [0.15, 0.2) is 42.5 Å². The number of alkyl halides is 2. The molecule has 0 saturated carbocycles. The molecule has 2 aromatic rings. The lowest BCUT2D eigenvalue weighted by atomic mass is 10.1. The molecule has 0 fully saturated rings. The van der Waals surface area contributed by atoms with E-state index in [-0.39, 0.29) is 23.0 Å². The Bertz CT molecular complexity index is 773. The van der Waals surface area contributed by atoms with Crippen LogP contribution in [0, 0.1) is 21.4 Å². The number of benzene rings is 2. The number of rotatable bonds is 6. The van der Waals surface area contributed by atoms with Crippen LogP contribution >= 0.6 is 0 Å². The molecule has 0 aliphatic carbocycles. The van der Waals surface area contributed by atoms with Gasteiger partial charge in [-0.15, -0.1) is 0 Å². The maximum Gasteiger partial charge on any atom is 0.387 e. The number of hydrogen-bond acceptors (Lipinski definition) is 5. The molecule has 0 aromatic heterocycles. The highest BCUT2D eigenvalue weighted by atomic mass is 19.3. The summed E-state index contributed by atoms with van der Waals surface area (Å²) in [5, 5.41) is 22.9. The van der Waals surface area contributed by atoms with Crippen molar-refractivity contribution in [2.24, 2.45) is 0 Å². The first-order chi connectivity index (χ1) is 11.4. The Morgan fingerprint density at radius 3 is 2.46 bits per heavy atom. The van der Waals surface area contributed by atoms with Gasteiger partial charge in [0.05, 0.1) is 16.2 Å². The van der Waals surface area contributed by atoms with E-state index >= 15 is 0 Å². The summed E-state index contributed by atoms with van der Waals surface area (Å²) in [6, 6.07) is 11.7. The van der Waals surface area contributed by atoms with Crippen molar-refractivity contribution in [3.8, 4) is 11.8 Å². The zero-order valence-electron chi connectivity index (χ0n) is 12.6. The van der Waals surface area contributed by atoms with Crippen LogP contribution in [0.2, 0.25) is 0 Å².